The van der Waals surface area contributed by atoms with Crippen LogP contribution >= 0.6 is 0 Å². The van der Waals surface area contributed by atoms with Crippen LogP contribution in [0.5, 0.6) is 0 Å². The third-order valence-electron chi connectivity index (χ3n) is 10.4. The summed E-state index contributed by atoms with van der Waals surface area (Å²) in [5.41, 5.74) is 11.0. The van der Waals surface area contributed by atoms with Crippen LogP contribution in [-0.4, -0.2) is 19.9 Å². The van der Waals surface area contributed by atoms with E-state index in [4.69, 9.17) is 28.8 Å². The zero-order chi connectivity index (χ0) is 37.0. The van der Waals surface area contributed by atoms with Gasteiger partial charge in [-0.1, -0.05) is 158 Å². The molecule has 6 heteroatoms. The van der Waals surface area contributed by atoms with Crippen LogP contribution in [0.1, 0.15) is 0 Å². The van der Waals surface area contributed by atoms with E-state index in [2.05, 4.69) is 72.8 Å². The van der Waals surface area contributed by atoms with Gasteiger partial charge in [0.2, 0.25) is 5.89 Å². The van der Waals surface area contributed by atoms with E-state index in [0.29, 0.717) is 34.5 Å². The highest BCUT2D eigenvalue weighted by atomic mass is 16.4. The highest BCUT2D eigenvalue weighted by Gasteiger charge is 2.22. The molecule has 11 aromatic rings. The van der Waals surface area contributed by atoms with Gasteiger partial charge in [-0.25, -0.2) is 19.9 Å². The molecule has 0 aliphatic rings. The zero-order valence-electron chi connectivity index (χ0n) is 29.9. The van der Waals surface area contributed by atoms with Gasteiger partial charge in [-0.15, -0.1) is 0 Å². The van der Waals surface area contributed by atoms with Crippen LogP contribution < -0.4 is 0 Å². The lowest BCUT2D eigenvalue weighted by molar-refractivity contribution is 0.603. The van der Waals surface area contributed by atoms with Gasteiger partial charge in [0, 0.05) is 33.0 Å². The van der Waals surface area contributed by atoms with Gasteiger partial charge in [0.15, 0.2) is 28.6 Å². The van der Waals surface area contributed by atoms with Crippen molar-refractivity contribution in [3.05, 3.63) is 182 Å². The average Bonchev–Trinajstić information content (AvgIpc) is 3.89. The Morgan fingerprint density at radius 1 is 0.321 bits per heavy atom. The van der Waals surface area contributed by atoms with E-state index >= 15 is 0 Å². The molecule has 3 heterocycles. The summed E-state index contributed by atoms with van der Waals surface area (Å²) < 4.78 is 13.0. The predicted octanol–water partition coefficient (Wildman–Crippen LogP) is 13.1. The van der Waals surface area contributed by atoms with E-state index in [0.717, 1.165) is 77.2 Å². The van der Waals surface area contributed by atoms with Gasteiger partial charge in [0.25, 0.3) is 0 Å². The average molecular weight is 719 g/mol. The van der Waals surface area contributed by atoms with Crippen molar-refractivity contribution >= 4 is 43.8 Å². The van der Waals surface area contributed by atoms with Crippen molar-refractivity contribution in [1.29, 1.82) is 0 Å². The SMILES string of the molecule is c1ccc(-c2nc(-c3ccccc3)nc(-c3ccc(-c4ccc(-c5cc6nc(-c7ccccc7)oc6c6oc7ccccc7c56)c5ccccc45)cc3)n2)cc1. The summed E-state index contributed by atoms with van der Waals surface area (Å²) in [6, 6.07) is 61.9. The van der Waals surface area contributed by atoms with Gasteiger partial charge in [-0.05, 0) is 57.3 Å². The molecule has 0 amide bonds. The third kappa shape index (κ3) is 5.35. The largest absolute Gasteiger partial charge is 0.452 e. The van der Waals surface area contributed by atoms with Gasteiger partial charge in [0.05, 0.1) is 0 Å². The van der Waals surface area contributed by atoms with E-state index in [1.165, 1.54) is 0 Å². The number of fused-ring (bicyclic) bond motifs is 6. The molecule has 0 unspecified atom stereocenters. The lowest BCUT2D eigenvalue weighted by Gasteiger charge is -2.14. The quantitative estimate of drug-likeness (QED) is 0.170. The highest BCUT2D eigenvalue weighted by molar-refractivity contribution is 6.22. The molecular formula is C50H30N4O2. The first-order chi connectivity index (χ1) is 27.7. The van der Waals surface area contributed by atoms with Gasteiger partial charge >= 0.3 is 0 Å². The summed E-state index contributed by atoms with van der Waals surface area (Å²) in [6.07, 6.45) is 0. The Kier molecular flexibility index (Phi) is 7.38. The van der Waals surface area contributed by atoms with Crippen molar-refractivity contribution in [2.45, 2.75) is 0 Å². The molecule has 0 saturated heterocycles. The van der Waals surface area contributed by atoms with Gasteiger partial charge in [-0.3, -0.25) is 0 Å². The Bertz CT molecular complexity index is 3170. The molecule has 0 saturated carbocycles. The van der Waals surface area contributed by atoms with Crippen molar-refractivity contribution < 1.29 is 8.83 Å². The summed E-state index contributed by atoms with van der Waals surface area (Å²) in [6.45, 7) is 0. The van der Waals surface area contributed by atoms with Crippen LogP contribution in [0.15, 0.2) is 191 Å². The molecule has 8 aromatic carbocycles. The molecule has 0 spiro atoms. The summed E-state index contributed by atoms with van der Waals surface area (Å²) in [7, 11) is 0. The molecule has 0 radical (unpaired) electrons. The zero-order valence-corrected chi connectivity index (χ0v) is 29.9. The minimum absolute atomic E-state index is 0.563. The van der Waals surface area contributed by atoms with Crippen LogP contribution in [0.4, 0.5) is 0 Å². The van der Waals surface area contributed by atoms with Crippen molar-refractivity contribution in [2.24, 2.45) is 0 Å². The molecular weight excluding hydrogens is 689 g/mol. The van der Waals surface area contributed by atoms with Crippen molar-refractivity contribution in [3.63, 3.8) is 0 Å². The van der Waals surface area contributed by atoms with Gasteiger partial charge in [-0.2, -0.15) is 0 Å². The maximum Gasteiger partial charge on any atom is 0.227 e. The fraction of sp³-hybridized carbons (Fsp3) is 0. The van der Waals surface area contributed by atoms with E-state index < -0.39 is 0 Å². The van der Waals surface area contributed by atoms with Crippen molar-refractivity contribution in [1.82, 2.24) is 19.9 Å². The molecule has 11 rings (SSSR count). The number of nitrogens with zero attached hydrogens (tertiary/aromatic N) is 4. The molecule has 3 aromatic heterocycles. The van der Waals surface area contributed by atoms with Gasteiger partial charge < -0.3 is 8.83 Å². The minimum Gasteiger partial charge on any atom is -0.452 e. The van der Waals surface area contributed by atoms with E-state index in [1.54, 1.807) is 0 Å². The molecule has 0 bridgehead atoms. The van der Waals surface area contributed by atoms with Gasteiger partial charge in [0.1, 0.15) is 11.1 Å². The number of benzene rings is 8. The Morgan fingerprint density at radius 3 is 1.43 bits per heavy atom. The van der Waals surface area contributed by atoms with E-state index in [-0.39, 0.29) is 0 Å². The standard InChI is InChI=1S/C50H30N4O2/c1-4-14-32(15-5-1)47-52-48(33-16-6-2-7-17-33)54-49(53-47)34-26-24-31(25-27-34)36-28-29-39(38-21-11-10-20-37(36)38)41-30-42-45(56-50(51-42)35-18-8-3-9-19-35)46-44(41)40-22-12-13-23-43(40)55-46/h1-30H. The number of oxazole rings is 1. The predicted molar refractivity (Wildman–Crippen MR) is 225 cm³/mol. The summed E-state index contributed by atoms with van der Waals surface area (Å²) >= 11 is 0. The molecule has 0 aliphatic carbocycles. The Labute approximate surface area is 321 Å². The molecule has 262 valence electrons. The van der Waals surface area contributed by atoms with Crippen LogP contribution in [0.2, 0.25) is 0 Å². The fourth-order valence-corrected chi connectivity index (χ4v) is 7.71. The van der Waals surface area contributed by atoms with Crippen LogP contribution in [0, 0.1) is 0 Å². The van der Waals surface area contributed by atoms with E-state index in [1.807, 2.05) is 109 Å². The Hall–Kier alpha value is -7.70. The Balaban J connectivity index is 1.04. The maximum absolute atomic E-state index is 6.55. The fourth-order valence-electron chi connectivity index (χ4n) is 7.71. The molecule has 0 N–H and O–H groups in total. The lowest BCUT2D eigenvalue weighted by atomic mass is 9.90. The summed E-state index contributed by atoms with van der Waals surface area (Å²) in [5.74, 6) is 2.46. The Morgan fingerprint density at radius 2 is 0.804 bits per heavy atom. The smallest absolute Gasteiger partial charge is 0.227 e. The first kappa shape index (κ1) is 31.8. The number of hydrogen-bond acceptors (Lipinski definition) is 6. The summed E-state index contributed by atoms with van der Waals surface area (Å²) in [5, 5.41) is 4.31. The second-order valence-electron chi connectivity index (χ2n) is 13.8. The first-order valence-electron chi connectivity index (χ1n) is 18.6. The van der Waals surface area contributed by atoms with Crippen LogP contribution in [0.25, 0.3) is 112 Å². The van der Waals surface area contributed by atoms with Crippen molar-refractivity contribution in [2.75, 3.05) is 0 Å². The molecule has 56 heavy (non-hydrogen) atoms. The van der Waals surface area contributed by atoms with E-state index in [9.17, 15) is 0 Å². The summed E-state index contributed by atoms with van der Waals surface area (Å²) in [4.78, 5) is 19.7. The molecule has 0 aliphatic heterocycles. The molecule has 0 atom stereocenters. The monoisotopic (exact) mass is 718 g/mol. The molecule has 0 fully saturated rings. The second-order valence-corrected chi connectivity index (χ2v) is 13.8. The number of aromatic nitrogens is 4. The highest BCUT2D eigenvalue weighted by Crippen LogP contribution is 2.45. The number of hydrogen-bond donors (Lipinski definition) is 0. The first-order valence-corrected chi connectivity index (χ1v) is 18.6. The minimum atomic E-state index is 0.563. The van der Waals surface area contributed by atoms with Crippen molar-refractivity contribution in [3.8, 4) is 67.9 Å². The topological polar surface area (TPSA) is 77.8 Å². The van der Waals surface area contributed by atoms with Crippen LogP contribution in [-0.2, 0) is 0 Å². The maximum atomic E-state index is 6.55. The third-order valence-corrected chi connectivity index (χ3v) is 10.4. The van der Waals surface area contributed by atoms with Crippen LogP contribution in [0.3, 0.4) is 0 Å². The number of para-hydroxylation sites is 1. The molecule has 6 nitrogen and oxygen atoms in total. The second kappa shape index (κ2) is 13.0. The normalized spacial score (nSPS) is 11.6. The number of furan rings is 1. The number of rotatable bonds is 6. The lowest BCUT2D eigenvalue weighted by Crippen LogP contribution is -2.00.